The molecule has 2 aromatic heterocycles. The Balaban J connectivity index is 1.81. The van der Waals surface area contributed by atoms with Crippen molar-refractivity contribution in [3.05, 3.63) is 55.1 Å². The fourth-order valence-electron chi connectivity index (χ4n) is 2.20. The minimum absolute atomic E-state index is 0.109. The summed E-state index contributed by atoms with van der Waals surface area (Å²) in [5, 5.41) is 0.473. The van der Waals surface area contributed by atoms with Gasteiger partial charge in [-0.2, -0.15) is 0 Å². The average Bonchev–Trinajstić information content (AvgIpc) is 3.03. The fourth-order valence-corrected chi connectivity index (χ4v) is 3.51. The van der Waals surface area contributed by atoms with Crippen LogP contribution < -0.4 is 5.76 Å². The lowest BCUT2D eigenvalue weighted by molar-refractivity contribution is -0.131. The van der Waals surface area contributed by atoms with Gasteiger partial charge in [0.1, 0.15) is 6.54 Å². The van der Waals surface area contributed by atoms with Gasteiger partial charge in [0.25, 0.3) is 0 Å². The molecule has 5 nitrogen and oxygen atoms in total. The summed E-state index contributed by atoms with van der Waals surface area (Å²) in [5.74, 6) is -0.789. The van der Waals surface area contributed by atoms with E-state index < -0.39 is 5.76 Å². The molecule has 0 bridgehead atoms. The number of nitrogens with zero attached hydrogens (tertiary/aromatic N) is 2. The number of thiophene rings is 1. The molecule has 0 saturated carbocycles. The Morgan fingerprint density at radius 2 is 2.09 bits per heavy atom. The molecule has 3 aromatic rings. The molecule has 0 atom stereocenters. The number of hydrogen-bond donors (Lipinski definition) is 0. The summed E-state index contributed by atoms with van der Waals surface area (Å²) in [6.45, 7) is 0.323. The van der Waals surface area contributed by atoms with Gasteiger partial charge in [0.15, 0.2) is 5.58 Å². The highest BCUT2D eigenvalue weighted by Crippen LogP contribution is 2.23. The van der Waals surface area contributed by atoms with E-state index in [-0.39, 0.29) is 12.5 Å². The first-order valence-electron chi connectivity index (χ1n) is 6.71. The highest BCUT2D eigenvalue weighted by molar-refractivity contribution is 7.16. The van der Waals surface area contributed by atoms with Crippen LogP contribution in [0.3, 0.4) is 0 Å². The van der Waals surface area contributed by atoms with Crippen molar-refractivity contribution in [1.29, 1.82) is 0 Å². The minimum atomic E-state index is -0.580. The molecule has 1 amide bonds. The number of aromatic nitrogens is 1. The Hall–Kier alpha value is -1.76. The molecule has 0 saturated heterocycles. The SMILES string of the molecule is CN(Cc1ccc(Cl)s1)C(=O)Cn1c(=O)oc2ccc(Cl)cc21. The van der Waals surface area contributed by atoms with Crippen LogP contribution in [-0.2, 0) is 17.9 Å². The number of oxazole rings is 1. The van der Waals surface area contributed by atoms with Gasteiger partial charge in [-0.1, -0.05) is 23.2 Å². The van der Waals surface area contributed by atoms with Crippen molar-refractivity contribution >= 4 is 51.5 Å². The maximum absolute atomic E-state index is 12.4. The zero-order valence-corrected chi connectivity index (χ0v) is 14.4. The van der Waals surface area contributed by atoms with E-state index in [0.29, 0.717) is 27.0 Å². The molecule has 0 aliphatic rings. The largest absolute Gasteiger partial charge is 0.420 e. The molecule has 0 aliphatic heterocycles. The van der Waals surface area contributed by atoms with E-state index in [9.17, 15) is 9.59 Å². The number of carbonyl (C=O) groups excluding carboxylic acids is 1. The molecule has 23 heavy (non-hydrogen) atoms. The molecule has 0 unspecified atom stereocenters. The third-order valence-corrected chi connectivity index (χ3v) is 4.82. The van der Waals surface area contributed by atoms with Crippen LogP contribution >= 0.6 is 34.5 Å². The number of hydrogen-bond acceptors (Lipinski definition) is 4. The molecule has 0 N–H and O–H groups in total. The summed E-state index contributed by atoms with van der Waals surface area (Å²) in [4.78, 5) is 26.8. The van der Waals surface area contributed by atoms with Crippen LogP contribution in [0, 0.1) is 0 Å². The Kier molecular flexibility index (Phi) is 4.48. The van der Waals surface area contributed by atoms with Crippen molar-refractivity contribution in [2.45, 2.75) is 13.1 Å². The van der Waals surface area contributed by atoms with Gasteiger partial charge in [-0.05, 0) is 30.3 Å². The van der Waals surface area contributed by atoms with Crippen molar-refractivity contribution in [3.8, 4) is 0 Å². The van der Waals surface area contributed by atoms with Crippen LogP contribution in [0.2, 0.25) is 9.36 Å². The second-order valence-electron chi connectivity index (χ2n) is 5.02. The van der Waals surface area contributed by atoms with Crippen molar-refractivity contribution < 1.29 is 9.21 Å². The van der Waals surface area contributed by atoms with E-state index >= 15 is 0 Å². The summed E-state index contributed by atoms with van der Waals surface area (Å²) < 4.78 is 7.07. The monoisotopic (exact) mass is 370 g/mol. The number of likely N-dealkylation sites (N-methyl/N-ethyl adjacent to an activating group) is 1. The van der Waals surface area contributed by atoms with Crippen LogP contribution in [0.25, 0.3) is 11.1 Å². The van der Waals surface area contributed by atoms with Gasteiger partial charge in [-0.15, -0.1) is 11.3 Å². The Labute approximate surface area is 145 Å². The van der Waals surface area contributed by atoms with E-state index in [1.807, 2.05) is 6.07 Å². The van der Waals surface area contributed by atoms with Crippen molar-refractivity contribution in [1.82, 2.24) is 9.47 Å². The third-order valence-electron chi connectivity index (χ3n) is 3.37. The lowest BCUT2D eigenvalue weighted by Crippen LogP contribution is -2.32. The van der Waals surface area contributed by atoms with Crippen LogP contribution in [-0.4, -0.2) is 22.4 Å². The third kappa shape index (κ3) is 3.44. The van der Waals surface area contributed by atoms with Crippen LogP contribution in [0.15, 0.2) is 39.5 Å². The maximum Gasteiger partial charge on any atom is 0.420 e. The van der Waals surface area contributed by atoms with E-state index in [1.54, 1.807) is 31.3 Å². The van der Waals surface area contributed by atoms with Gasteiger partial charge in [0.2, 0.25) is 5.91 Å². The van der Waals surface area contributed by atoms with Crippen molar-refractivity contribution in [3.63, 3.8) is 0 Å². The topological polar surface area (TPSA) is 55.5 Å². The molecule has 8 heteroatoms. The Bertz CT molecular complexity index is 928. The second kappa shape index (κ2) is 6.39. The smallest absolute Gasteiger partial charge is 0.408 e. The number of fused-ring (bicyclic) bond motifs is 1. The van der Waals surface area contributed by atoms with E-state index in [1.165, 1.54) is 20.8 Å². The first-order chi connectivity index (χ1) is 10.9. The van der Waals surface area contributed by atoms with Crippen LogP contribution in [0.1, 0.15) is 4.88 Å². The Morgan fingerprint density at radius 1 is 1.30 bits per heavy atom. The first kappa shape index (κ1) is 16.1. The summed E-state index contributed by atoms with van der Waals surface area (Å²) >= 11 is 13.2. The summed E-state index contributed by atoms with van der Waals surface area (Å²) in [6.07, 6.45) is 0. The minimum Gasteiger partial charge on any atom is -0.408 e. The zero-order valence-electron chi connectivity index (χ0n) is 12.1. The molecule has 0 radical (unpaired) electrons. The lowest BCUT2D eigenvalue weighted by Gasteiger charge is -2.16. The van der Waals surface area contributed by atoms with E-state index in [2.05, 4.69) is 0 Å². The van der Waals surface area contributed by atoms with Gasteiger partial charge >= 0.3 is 5.76 Å². The van der Waals surface area contributed by atoms with Crippen molar-refractivity contribution in [2.75, 3.05) is 7.05 Å². The average molecular weight is 371 g/mol. The molecule has 0 aliphatic carbocycles. The number of carbonyl (C=O) groups is 1. The van der Waals surface area contributed by atoms with Gasteiger partial charge < -0.3 is 9.32 Å². The number of benzene rings is 1. The highest BCUT2D eigenvalue weighted by atomic mass is 35.5. The molecule has 3 rings (SSSR count). The molecule has 120 valence electrons. The molecule has 0 spiro atoms. The van der Waals surface area contributed by atoms with E-state index in [4.69, 9.17) is 27.6 Å². The quantitative estimate of drug-likeness (QED) is 0.704. The van der Waals surface area contributed by atoms with Gasteiger partial charge in [-0.25, -0.2) is 4.79 Å². The van der Waals surface area contributed by atoms with Gasteiger partial charge in [0.05, 0.1) is 16.4 Å². The second-order valence-corrected chi connectivity index (χ2v) is 7.26. The molecule has 1 aromatic carbocycles. The van der Waals surface area contributed by atoms with Gasteiger partial charge in [0, 0.05) is 16.9 Å². The number of rotatable bonds is 4. The maximum atomic E-state index is 12.4. The van der Waals surface area contributed by atoms with Crippen LogP contribution in [0.4, 0.5) is 0 Å². The number of halogens is 2. The molecule has 2 heterocycles. The van der Waals surface area contributed by atoms with Crippen molar-refractivity contribution in [2.24, 2.45) is 0 Å². The fraction of sp³-hybridized carbons (Fsp3) is 0.200. The predicted octanol–water partition coefficient (Wildman–Crippen LogP) is 3.62. The Morgan fingerprint density at radius 3 is 2.78 bits per heavy atom. The highest BCUT2D eigenvalue weighted by Gasteiger charge is 2.16. The standard InChI is InChI=1S/C15H12Cl2N2O3S/c1-18(7-10-3-5-13(17)23-10)14(20)8-19-11-6-9(16)2-4-12(11)22-15(19)21/h2-6H,7-8H2,1H3. The van der Waals surface area contributed by atoms with Gasteiger partial charge in [-0.3, -0.25) is 9.36 Å². The predicted molar refractivity (Wildman–Crippen MR) is 91.3 cm³/mol. The summed E-state index contributed by atoms with van der Waals surface area (Å²) in [7, 11) is 1.68. The summed E-state index contributed by atoms with van der Waals surface area (Å²) in [6, 6.07) is 8.50. The molecular weight excluding hydrogens is 359 g/mol. The molecular formula is C15H12Cl2N2O3S. The van der Waals surface area contributed by atoms with E-state index in [0.717, 1.165) is 4.88 Å². The zero-order chi connectivity index (χ0) is 16.6. The summed E-state index contributed by atoms with van der Waals surface area (Å²) in [5.41, 5.74) is 0.906. The normalized spacial score (nSPS) is 11.1. The first-order valence-corrected chi connectivity index (χ1v) is 8.28. The van der Waals surface area contributed by atoms with Crippen LogP contribution in [0.5, 0.6) is 0 Å². The lowest BCUT2D eigenvalue weighted by atomic mass is 10.3. The molecule has 0 fully saturated rings. The number of amides is 1.